The first kappa shape index (κ1) is 17.0. The average Bonchev–Trinajstić information content (AvgIpc) is 3.10. The molecule has 8 heteroatoms. The van der Waals surface area contributed by atoms with Crippen LogP contribution < -0.4 is 14.8 Å². The Morgan fingerprint density at radius 3 is 2.79 bits per heavy atom. The number of carbonyl (C=O) groups is 1. The summed E-state index contributed by atoms with van der Waals surface area (Å²) in [6, 6.07) is 3.93. The third-order valence-electron chi connectivity index (χ3n) is 4.18. The van der Waals surface area contributed by atoms with E-state index in [1.165, 1.54) is 16.4 Å². The van der Waals surface area contributed by atoms with Crippen LogP contribution in [0, 0.1) is 0 Å². The molecule has 2 heterocycles. The van der Waals surface area contributed by atoms with Gasteiger partial charge >= 0.3 is 0 Å². The second-order valence-corrected chi connectivity index (χ2v) is 7.76. The Balaban J connectivity index is 1.85. The molecule has 2 aliphatic rings. The molecule has 1 atom stereocenters. The highest BCUT2D eigenvalue weighted by molar-refractivity contribution is 7.89. The summed E-state index contributed by atoms with van der Waals surface area (Å²) in [5, 5.41) is 2.79. The normalized spacial score (nSPS) is 20.8. The minimum atomic E-state index is -3.75. The van der Waals surface area contributed by atoms with Gasteiger partial charge in [-0.25, -0.2) is 8.42 Å². The van der Waals surface area contributed by atoms with Crippen molar-refractivity contribution in [2.75, 3.05) is 26.3 Å². The highest BCUT2D eigenvalue weighted by atomic mass is 32.2. The average molecular weight is 354 g/mol. The van der Waals surface area contributed by atoms with Gasteiger partial charge in [-0.2, -0.15) is 4.31 Å². The van der Waals surface area contributed by atoms with Crippen LogP contribution in [0.25, 0.3) is 0 Å². The second kappa shape index (κ2) is 6.98. The highest BCUT2D eigenvalue weighted by Gasteiger charge is 2.39. The molecule has 0 aliphatic carbocycles. The summed E-state index contributed by atoms with van der Waals surface area (Å²) in [5.41, 5.74) is 0. The molecule has 1 aromatic rings. The van der Waals surface area contributed by atoms with Crippen LogP contribution in [0.4, 0.5) is 0 Å². The Labute approximate surface area is 142 Å². The molecule has 1 N–H and O–H groups in total. The molecule has 132 valence electrons. The molecule has 1 saturated heterocycles. The van der Waals surface area contributed by atoms with Gasteiger partial charge in [-0.05, 0) is 31.4 Å². The Morgan fingerprint density at radius 2 is 2.04 bits per heavy atom. The fourth-order valence-corrected chi connectivity index (χ4v) is 4.65. The Morgan fingerprint density at radius 1 is 1.29 bits per heavy atom. The Kier molecular flexibility index (Phi) is 4.96. The summed E-state index contributed by atoms with van der Waals surface area (Å²) in [4.78, 5) is 12.4. The lowest BCUT2D eigenvalue weighted by Crippen LogP contribution is -2.46. The van der Waals surface area contributed by atoms with Gasteiger partial charge in [-0.1, -0.05) is 6.92 Å². The van der Waals surface area contributed by atoms with Gasteiger partial charge in [0.1, 0.15) is 19.3 Å². The summed E-state index contributed by atoms with van der Waals surface area (Å²) in [6.45, 7) is 3.69. The van der Waals surface area contributed by atoms with Crippen LogP contribution in [0.1, 0.15) is 26.2 Å². The van der Waals surface area contributed by atoms with Crippen molar-refractivity contribution in [2.45, 2.75) is 37.1 Å². The molecular formula is C16H22N2O5S. The zero-order chi connectivity index (χ0) is 17.2. The molecule has 0 saturated carbocycles. The number of sulfonamides is 1. The van der Waals surface area contributed by atoms with Gasteiger partial charge in [-0.3, -0.25) is 4.79 Å². The van der Waals surface area contributed by atoms with E-state index in [1.54, 1.807) is 6.07 Å². The number of carbonyl (C=O) groups excluding carboxylic acids is 1. The van der Waals surface area contributed by atoms with E-state index < -0.39 is 16.1 Å². The van der Waals surface area contributed by atoms with Crippen molar-refractivity contribution < 1.29 is 22.7 Å². The summed E-state index contributed by atoms with van der Waals surface area (Å²) in [7, 11) is -3.75. The van der Waals surface area contributed by atoms with Crippen LogP contribution in [0.15, 0.2) is 23.1 Å². The van der Waals surface area contributed by atoms with Crippen LogP contribution in [-0.2, 0) is 14.8 Å². The number of rotatable bonds is 5. The summed E-state index contributed by atoms with van der Waals surface area (Å²) >= 11 is 0. The van der Waals surface area contributed by atoms with Crippen LogP contribution in [-0.4, -0.2) is 51.0 Å². The fourth-order valence-electron chi connectivity index (χ4n) is 2.98. The van der Waals surface area contributed by atoms with Crippen molar-refractivity contribution in [2.24, 2.45) is 0 Å². The Hall–Kier alpha value is -1.80. The number of ether oxygens (including phenoxy) is 2. The fraction of sp³-hybridized carbons (Fsp3) is 0.562. The predicted octanol–water partition coefficient (Wildman–Crippen LogP) is 1.14. The lowest BCUT2D eigenvalue weighted by Gasteiger charge is -2.24. The maximum Gasteiger partial charge on any atom is 0.243 e. The monoisotopic (exact) mass is 354 g/mol. The maximum atomic E-state index is 13.0. The predicted molar refractivity (Wildman–Crippen MR) is 87.6 cm³/mol. The molecule has 7 nitrogen and oxygen atoms in total. The number of fused-ring (bicyclic) bond motifs is 1. The first-order chi connectivity index (χ1) is 11.5. The molecule has 0 aromatic heterocycles. The van der Waals surface area contributed by atoms with Crippen molar-refractivity contribution >= 4 is 15.9 Å². The van der Waals surface area contributed by atoms with Crippen molar-refractivity contribution in [3.63, 3.8) is 0 Å². The summed E-state index contributed by atoms with van der Waals surface area (Å²) in [6.07, 6.45) is 2.03. The maximum absolute atomic E-state index is 13.0. The highest BCUT2D eigenvalue weighted by Crippen LogP contribution is 2.34. The van der Waals surface area contributed by atoms with E-state index >= 15 is 0 Å². The van der Waals surface area contributed by atoms with Gasteiger partial charge in [-0.15, -0.1) is 0 Å². The van der Waals surface area contributed by atoms with Gasteiger partial charge in [0.05, 0.1) is 4.90 Å². The zero-order valence-electron chi connectivity index (χ0n) is 13.7. The van der Waals surface area contributed by atoms with Crippen LogP contribution in [0.5, 0.6) is 11.5 Å². The van der Waals surface area contributed by atoms with Crippen LogP contribution in [0.2, 0.25) is 0 Å². The first-order valence-corrected chi connectivity index (χ1v) is 9.67. The molecule has 1 fully saturated rings. The number of nitrogens with zero attached hydrogens (tertiary/aromatic N) is 1. The lowest BCUT2D eigenvalue weighted by molar-refractivity contribution is -0.124. The van der Waals surface area contributed by atoms with E-state index in [4.69, 9.17) is 9.47 Å². The molecule has 1 unspecified atom stereocenters. The molecule has 1 aromatic carbocycles. The molecule has 1 amide bonds. The van der Waals surface area contributed by atoms with Gasteiger partial charge in [0, 0.05) is 19.2 Å². The minimum absolute atomic E-state index is 0.127. The van der Waals surface area contributed by atoms with Crippen molar-refractivity contribution in [1.82, 2.24) is 9.62 Å². The summed E-state index contributed by atoms with van der Waals surface area (Å²) < 4.78 is 38.1. The van der Waals surface area contributed by atoms with Crippen molar-refractivity contribution in [3.05, 3.63) is 18.2 Å². The molecule has 3 rings (SSSR count). The topological polar surface area (TPSA) is 84.9 Å². The number of benzene rings is 1. The van der Waals surface area contributed by atoms with Gasteiger partial charge in [0.2, 0.25) is 15.9 Å². The van der Waals surface area contributed by atoms with E-state index in [9.17, 15) is 13.2 Å². The largest absolute Gasteiger partial charge is 0.486 e. The van der Waals surface area contributed by atoms with Gasteiger partial charge in [0.25, 0.3) is 0 Å². The smallest absolute Gasteiger partial charge is 0.243 e. The molecule has 24 heavy (non-hydrogen) atoms. The third kappa shape index (κ3) is 3.21. The van der Waals surface area contributed by atoms with Gasteiger partial charge in [0.15, 0.2) is 11.5 Å². The third-order valence-corrected chi connectivity index (χ3v) is 6.08. The summed E-state index contributed by atoms with van der Waals surface area (Å²) in [5.74, 6) is 0.739. The van der Waals surface area contributed by atoms with Crippen molar-refractivity contribution in [1.29, 1.82) is 0 Å². The number of hydrogen-bond acceptors (Lipinski definition) is 5. The van der Waals surface area contributed by atoms with Crippen LogP contribution in [0.3, 0.4) is 0 Å². The first-order valence-electron chi connectivity index (χ1n) is 8.23. The van der Waals surface area contributed by atoms with E-state index in [1.807, 2.05) is 6.92 Å². The molecule has 0 spiro atoms. The lowest BCUT2D eigenvalue weighted by atomic mass is 10.2. The van der Waals surface area contributed by atoms with E-state index in [2.05, 4.69) is 5.32 Å². The van der Waals surface area contributed by atoms with E-state index in [0.717, 1.165) is 6.42 Å². The van der Waals surface area contributed by atoms with Gasteiger partial charge < -0.3 is 14.8 Å². The number of amides is 1. The molecular weight excluding hydrogens is 332 g/mol. The molecule has 0 bridgehead atoms. The molecule has 2 aliphatic heterocycles. The zero-order valence-corrected chi connectivity index (χ0v) is 14.5. The van der Waals surface area contributed by atoms with Crippen LogP contribution >= 0.6 is 0 Å². The number of nitrogens with one attached hydrogen (secondary N) is 1. The number of hydrogen-bond donors (Lipinski definition) is 1. The van der Waals surface area contributed by atoms with Crippen molar-refractivity contribution in [3.8, 4) is 11.5 Å². The second-order valence-electron chi connectivity index (χ2n) is 5.87. The minimum Gasteiger partial charge on any atom is -0.486 e. The standard InChI is InChI=1S/C16H22N2O5S/c1-2-7-17-16(19)13-4-3-8-18(13)24(20,21)12-5-6-14-15(11-12)23-10-9-22-14/h5-6,11,13H,2-4,7-10H2,1H3,(H,17,19). The Bertz CT molecular complexity index is 719. The van der Waals surface area contributed by atoms with E-state index in [0.29, 0.717) is 50.6 Å². The quantitative estimate of drug-likeness (QED) is 0.857. The van der Waals surface area contributed by atoms with E-state index in [-0.39, 0.29) is 10.8 Å². The SMILES string of the molecule is CCCNC(=O)C1CCCN1S(=O)(=O)c1ccc2c(c1)OCCO2. The molecule has 0 radical (unpaired) electrons.